The second-order valence-electron chi connectivity index (χ2n) is 3.83. The average Bonchev–Trinajstić information content (AvgIpc) is 2.39. The van der Waals surface area contributed by atoms with E-state index < -0.39 is 0 Å². The van der Waals surface area contributed by atoms with Crippen molar-refractivity contribution in [3.8, 4) is 0 Å². The largest absolute Gasteiger partial charge is 0.392 e. The first-order valence-electron chi connectivity index (χ1n) is 5.45. The van der Waals surface area contributed by atoms with Gasteiger partial charge in [-0.1, -0.05) is 23.7 Å². The molecule has 0 heterocycles. The zero-order valence-electron chi connectivity index (χ0n) is 9.57. The summed E-state index contributed by atoms with van der Waals surface area (Å²) in [7, 11) is 0. The first-order valence-corrected chi connectivity index (χ1v) is 6.82. The molecule has 0 bridgehead atoms. The monoisotopic (exact) mass is 282 g/mol. The van der Waals surface area contributed by atoms with Crippen LogP contribution in [0.3, 0.4) is 0 Å². The van der Waals surface area contributed by atoms with Crippen molar-refractivity contribution >= 4 is 23.4 Å². The second kappa shape index (κ2) is 6.23. The van der Waals surface area contributed by atoms with Gasteiger partial charge in [0.05, 0.1) is 6.61 Å². The van der Waals surface area contributed by atoms with E-state index in [1.807, 2.05) is 24.3 Å². The van der Waals surface area contributed by atoms with Crippen molar-refractivity contribution < 1.29 is 9.50 Å². The van der Waals surface area contributed by atoms with Crippen molar-refractivity contribution in [2.75, 3.05) is 0 Å². The lowest BCUT2D eigenvalue weighted by Gasteiger charge is -2.07. The summed E-state index contributed by atoms with van der Waals surface area (Å²) in [5, 5.41) is 9.89. The van der Waals surface area contributed by atoms with E-state index in [-0.39, 0.29) is 12.4 Å². The molecule has 0 aliphatic rings. The Morgan fingerprint density at radius 2 is 1.83 bits per heavy atom. The molecule has 0 unspecified atom stereocenters. The molecule has 0 aromatic heterocycles. The quantitative estimate of drug-likeness (QED) is 0.846. The van der Waals surface area contributed by atoms with E-state index in [1.54, 1.807) is 17.8 Å². The smallest absolute Gasteiger partial charge is 0.123 e. The van der Waals surface area contributed by atoms with Gasteiger partial charge in [-0.3, -0.25) is 0 Å². The summed E-state index contributed by atoms with van der Waals surface area (Å²) in [5.41, 5.74) is 1.76. The Hall–Kier alpha value is -1.03. The maximum Gasteiger partial charge on any atom is 0.123 e. The Morgan fingerprint density at radius 1 is 1.11 bits per heavy atom. The summed E-state index contributed by atoms with van der Waals surface area (Å²) < 4.78 is 13.0. The third kappa shape index (κ3) is 3.48. The van der Waals surface area contributed by atoms with Crippen LogP contribution >= 0.6 is 23.4 Å². The van der Waals surface area contributed by atoms with Crippen molar-refractivity contribution in [2.45, 2.75) is 17.3 Å². The lowest BCUT2D eigenvalue weighted by Crippen LogP contribution is -1.90. The maximum absolute atomic E-state index is 13.0. The van der Waals surface area contributed by atoms with Crippen LogP contribution in [0.15, 0.2) is 47.4 Å². The number of hydrogen-bond acceptors (Lipinski definition) is 2. The molecule has 0 aliphatic carbocycles. The van der Waals surface area contributed by atoms with Crippen LogP contribution < -0.4 is 0 Å². The SMILES string of the molecule is OCc1cc(F)ccc1SCc1ccc(Cl)cc1. The van der Waals surface area contributed by atoms with Gasteiger partial charge in [0.1, 0.15) is 5.82 Å². The molecule has 4 heteroatoms. The molecule has 0 spiro atoms. The van der Waals surface area contributed by atoms with Gasteiger partial charge in [0.15, 0.2) is 0 Å². The fraction of sp³-hybridized carbons (Fsp3) is 0.143. The number of halogens is 2. The minimum atomic E-state index is -0.324. The second-order valence-corrected chi connectivity index (χ2v) is 5.28. The normalized spacial score (nSPS) is 10.6. The Balaban J connectivity index is 2.08. The predicted molar refractivity (Wildman–Crippen MR) is 73.3 cm³/mol. The Labute approximate surface area is 115 Å². The van der Waals surface area contributed by atoms with Crippen LogP contribution in [0.25, 0.3) is 0 Å². The van der Waals surface area contributed by atoms with E-state index in [9.17, 15) is 9.50 Å². The average molecular weight is 283 g/mol. The van der Waals surface area contributed by atoms with Gasteiger partial charge in [-0.25, -0.2) is 4.39 Å². The van der Waals surface area contributed by atoms with Crippen LogP contribution in [0, 0.1) is 5.82 Å². The topological polar surface area (TPSA) is 20.2 Å². The van der Waals surface area contributed by atoms with E-state index >= 15 is 0 Å². The van der Waals surface area contributed by atoms with Crippen LogP contribution in [0.4, 0.5) is 4.39 Å². The van der Waals surface area contributed by atoms with Crippen molar-refractivity contribution in [3.63, 3.8) is 0 Å². The number of hydrogen-bond donors (Lipinski definition) is 1. The molecule has 18 heavy (non-hydrogen) atoms. The molecule has 0 aliphatic heterocycles. The minimum absolute atomic E-state index is 0.152. The van der Waals surface area contributed by atoms with Gasteiger partial charge in [0.25, 0.3) is 0 Å². The van der Waals surface area contributed by atoms with Gasteiger partial charge in [0.2, 0.25) is 0 Å². The van der Waals surface area contributed by atoms with E-state index in [4.69, 9.17) is 11.6 Å². The molecule has 94 valence electrons. The van der Waals surface area contributed by atoms with E-state index in [2.05, 4.69) is 0 Å². The van der Waals surface area contributed by atoms with Crippen LogP contribution in [0.5, 0.6) is 0 Å². The molecule has 0 atom stereocenters. The molecule has 0 radical (unpaired) electrons. The highest BCUT2D eigenvalue weighted by Crippen LogP contribution is 2.27. The summed E-state index contributed by atoms with van der Waals surface area (Å²) >= 11 is 7.38. The molecule has 2 aromatic carbocycles. The summed E-state index contributed by atoms with van der Waals surface area (Å²) in [6.07, 6.45) is 0. The number of aliphatic hydroxyl groups is 1. The zero-order chi connectivity index (χ0) is 13.0. The van der Waals surface area contributed by atoms with Crippen molar-refractivity contribution in [1.29, 1.82) is 0 Å². The minimum Gasteiger partial charge on any atom is -0.392 e. The van der Waals surface area contributed by atoms with Crippen molar-refractivity contribution in [1.82, 2.24) is 0 Å². The van der Waals surface area contributed by atoms with Gasteiger partial charge in [0, 0.05) is 15.7 Å². The fourth-order valence-electron chi connectivity index (χ4n) is 1.55. The highest BCUT2D eigenvalue weighted by Gasteiger charge is 2.04. The summed E-state index contributed by atoms with van der Waals surface area (Å²) in [4.78, 5) is 0.897. The number of rotatable bonds is 4. The molecule has 1 nitrogen and oxygen atoms in total. The van der Waals surface area contributed by atoms with E-state index in [0.717, 1.165) is 16.2 Å². The zero-order valence-corrected chi connectivity index (χ0v) is 11.1. The van der Waals surface area contributed by atoms with Gasteiger partial charge < -0.3 is 5.11 Å². The van der Waals surface area contributed by atoms with Gasteiger partial charge in [-0.2, -0.15) is 0 Å². The molecule has 0 fully saturated rings. The third-order valence-electron chi connectivity index (χ3n) is 2.50. The summed E-state index contributed by atoms with van der Waals surface area (Å²) in [6.45, 7) is -0.152. The van der Waals surface area contributed by atoms with Crippen LogP contribution in [-0.4, -0.2) is 5.11 Å². The molecule has 0 amide bonds. The van der Waals surface area contributed by atoms with Crippen molar-refractivity contribution in [3.05, 3.63) is 64.4 Å². The standard InChI is InChI=1S/C14H12ClFOS/c15-12-3-1-10(2-4-12)9-18-14-6-5-13(16)7-11(14)8-17/h1-7,17H,8-9H2. The van der Waals surface area contributed by atoms with Crippen molar-refractivity contribution in [2.24, 2.45) is 0 Å². The number of benzene rings is 2. The maximum atomic E-state index is 13.0. The summed E-state index contributed by atoms with van der Waals surface area (Å²) in [5.74, 6) is 0.436. The van der Waals surface area contributed by atoms with Gasteiger partial charge >= 0.3 is 0 Å². The Morgan fingerprint density at radius 3 is 2.50 bits per heavy atom. The lowest BCUT2D eigenvalue weighted by molar-refractivity contribution is 0.278. The first-order chi connectivity index (χ1) is 8.69. The van der Waals surface area contributed by atoms with Crippen LogP contribution in [0.1, 0.15) is 11.1 Å². The van der Waals surface area contributed by atoms with Crippen LogP contribution in [-0.2, 0) is 12.4 Å². The van der Waals surface area contributed by atoms with E-state index in [0.29, 0.717) is 10.6 Å². The Kier molecular flexibility index (Phi) is 4.64. The number of aliphatic hydroxyl groups excluding tert-OH is 1. The molecule has 0 saturated heterocycles. The van der Waals surface area contributed by atoms with Crippen LogP contribution in [0.2, 0.25) is 5.02 Å². The molecular weight excluding hydrogens is 271 g/mol. The lowest BCUT2D eigenvalue weighted by atomic mass is 10.2. The summed E-state index contributed by atoms with van der Waals surface area (Å²) in [6, 6.07) is 12.1. The van der Waals surface area contributed by atoms with Gasteiger partial charge in [-0.05, 0) is 41.5 Å². The number of thioether (sulfide) groups is 1. The molecule has 1 N–H and O–H groups in total. The first kappa shape index (κ1) is 13.4. The fourth-order valence-corrected chi connectivity index (χ4v) is 2.67. The predicted octanol–water partition coefficient (Wildman–Crippen LogP) is 4.26. The van der Waals surface area contributed by atoms with E-state index in [1.165, 1.54) is 12.1 Å². The van der Waals surface area contributed by atoms with Gasteiger partial charge in [-0.15, -0.1) is 11.8 Å². The highest BCUT2D eigenvalue weighted by molar-refractivity contribution is 7.98. The highest BCUT2D eigenvalue weighted by atomic mass is 35.5. The third-order valence-corrected chi connectivity index (χ3v) is 3.94. The molecular formula is C14H12ClFOS. The Bertz CT molecular complexity index is 528. The molecule has 2 rings (SSSR count). The molecule has 2 aromatic rings. The molecule has 0 saturated carbocycles.